The van der Waals surface area contributed by atoms with Crippen LogP contribution < -0.4 is 0 Å². The number of ether oxygens (including phenoxy) is 4. The molecule has 0 amide bonds. The Morgan fingerprint density at radius 2 is 0.958 bits per heavy atom. The Balaban J connectivity index is 2.31. The summed E-state index contributed by atoms with van der Waals surface area (Å²) in [6, 6.07) is 0. The molecule has 6 atom stereocenters. The van der Waals surface area contributed by atoms with Gasteiger partial charge in [-0.05, 0) is 83.5 Å². The van der Waals surface area contributed by atoms with Crippen molar-refractivity contribution < 1.29 is 56.2 Å². The predicted molar refractivity (Wildman–Crippen MR) is 294 cm³/mol. The fraction of sp³-hybridized carbons (Fsp3) is 0.780. The van der Waals surface area contributed by atoms with Crippen molar-refractivity contribution in [3.63, 3.8) is 0 Å². The average molecular weight is 1040 g/mol. The Labute approximate surface area is 439 Å². The van der Waals surface area contributed by atoms with Gasteiger partial charge in [-0.25, -0.2) is 4.18 Å². The molecule has 12 nitrogen and oxygen atoms in total. The van der Waals surface area contributed by atoms with E-state index in [2.05, 4.69) is 90.9 Å². The third kappa shape index (κ3) is 41.8. The standard InChI is InChI=1S/C59H104O12S/c1-3-5-7-9-11-13-15-17-19-21-23-25-26-27-29-31-33-35-37-39-41-43-45-47-49-67-51-53(52-68-59-57(63)58(71-72(64,65)66)56(62)54(50-60)70-59)69-55(61)48-46-44-42-40-38-36-34-32-30-28-24-22-20-18-16-14-12-10-8-6-4-2/h5,7,11,13,16-19,22-25,53-54,56-60,62-63H,3-4,6,8-10,12,14-15,20-21,26-52H2,1-2H3,(H,64,65,66)/b7-5-,13-11-,18-16-,19-17-,24-22-,25-23-. The zero-order chi connectivity index (χ0) is 52.4. The van der Waals surface area contributed by atoms with Gasteiger partial charge in [-0.15, -0.1) is 0 Å². The van der Waals surface area contributed by atoms with Gasteiger partial charge in [0.05, 0.1) is 19.8 Å². The van der Waals surface area contributed by atoms with Gasteiger partial charge in [0.2, 0.25) is 0 Å². The fourth-order valence-corrected chi connectivity index (χ4v) is 9.03. The second-order valence-corrected chi connectivity index (χ2v) is 20.5. The van der Waals surface area contributed by atoms with E-state index in [1.54, 1.807) is 0 Å². The van der Waals surface area contributed by atoms with E-state index in [0.29, 0.717) is 13.0 Å². The molecule has 0 bridgehead atoms. The monoisotopic (exact) mass is 1040 g/mol. The van der Waals surface area contributed by atoms with Gasteiger partial charge in [0.15, 0.2) is 6.29 Å². The Morgan fingerprint density at radius 3 is 1.40 bits per heavy atom. The van der Waals surface area contributed by atoms with Crippen molar-refractivity contribution in [3.05, 3.63) is 72.9 Å². The molecule has 6 unspecified atom stereocenters. The highest BCUT2D eigenvalue weighted by Gasteiger charge is 2.48. The van der Waals surface area contributed by atoms with E-state index < -0.39 is 59.8 Å². The molecular formula is C59H104O12S. The van der Waals surface area contributed by atoms with Crippen molar-refractivity contribution in [3.8, 4) is 0 Å². The van der Waals surface area contributed by atoms with Crippen LogP contribution in [0.4, 0.5) is 0 Å². The number of hydrogen-bond donors (Lipinski definition) is 4. The van der Waals surface area contributed by atoms with Gasteiger partial charge in [0, 0.05) is 13.0 Å². The highest BCUT2D eigenvalue weighted by molar-refractivity contribution is 7.80. The smallest absolute Gasteiger partial charge is 0.397 e. The molecule has 72 heavy (non-hydrogen) atoms. The van der Waals surface area contributed by atoms with Crippen molar-refractivity contribution >= 4 is 16.4 Å². The van der Waals surface area contributed by atoms with Gasteiger partial charge >= 0.3 is 16.4 Å². The molecule has 0 aromatic heterocycles. The summed E-state index contributed by atoms with van der Waals surface area (Å²) in [5.74, 6) is -0.404. The number of esters is 1. The van der Waals surface area contributed by atoms with E-state index >= 15 is 0 Å². The van der Waals surface area contributed by atoms with Gasteiger partial charge in [-0.2, -0.15) is 8.42 Å². The lowest BCUT2D eigenvalue weighted by atomic mass is 9.99. The van der Waals surface area contributed by atoms with E-state index in [9.17, 15) is 33.1 Å². The highest BCUT2D eigenvalue weighted by Crippen LogP contribution is 2.26. The zero-order valence-electron chi connectivity index (χ0n) is 45.2. The summed E-state index contributed by atoms with van der Waals surface area (Å²) in [4.78, 5) is 13.0. The number of aliphatic hydroxyl groups excluding tert-OH is 3. The molecule has 418 valence electrons. The molecule has 1 saturated heterocycles. The van der Waals surface area contributed by atoms with Crippen molar-refractivity contribution in [2.45, 2.75) is 269 Å². The van der Waals surface area contributed by atoms with Crippen molar-refractivity contribution in [2.75, 3.05) is 26.4 Å². The van der Waals surface area contributed by atoms with Crippen LogP contribution in [0.25, 0.3) is 0 Å². The summed E-state index contributed by atoms with van der Waals surface area (Å²) in [7, 11) is -5.07. The normalized spacial score (nSPS) is 19.4. The van der Waals surface area contributed by atoms with Crippen LogP contribution in [-0.2, 0) is 38.3 Å². The van der Waals surface area contributed by atoms with Gasteiger partial charge < -0.3 is 34.3 Å². The van der Waals surface area contributed by atoms with Crippen LogP contribution in [0.3, 0.4) is 0 Å². The molecular weight excluding hydrogens is 933 g/mol. The molecule has 1 heterocycles. The lowest BCUT2D eigenvalue weighted by molar-refractivity contribution is -0.301. The van der Waals surface area contributed by atoms with Crippen LogP contribution in [0, 0.1) is 0 Å². The number of allylic oxidation sites excluding steroid dienone is 12. The van der Waals surface area contributed by atoms with Gasteiger partial charge in [0.25, 0.3) is 0 Å². The first-order valence-corrected chi connectivity index (χ1v) is 30.1. The third-order valence-corrected chi connectivity index (χ3v) is 13.3. The summed E-state index contributed by atoms with van der Waals surface area (Å²) in [6.07, 6.45) is 56.4. The molecule has 1 fully saturated rings. The SMILES string of the molecule is CC/C=C\C/C=C\C/C=C\C/C=C\CCCCCCCCCCCCCOCC(COC1OC(CO)C(O)C(OS(=O)(=O)O)C1O)OC(=O)CCCCCCCCCCC/C=C\C/C=C\CCCCCCC. The van der Waals surface area contributed by atoms with Crippen molar-refractivity contribution in [2.24, 2.45) is 0 Å². The Kier molecular flexibility index (Phi) is 46.4. The summed E-state index contributed by atoms with van der Waals surface area (Å²) < 4.78 is 59.4. The fourth-order valence-electron chi connectivity index (χ4n) is 8.52. The molecule has 0 spiro atoms. The van der Waals surface area contributed by atoms with E-state index in [-0.39, 0.29) is 19.6 Å². The first-order chi connectivity index (χ1) is 35.1. The van der Waals surface area contributed by atoms with Crippen LogP contribution >= 0.6 is 0 Å². The quantitative estimate of drug-likeness (QED) is 0.0196. The third-order valence-electron chi connectivity index (χ3n) is 12.8. The Hall–Kier alpha value is -2.46. The summed E-state index contributed by atoms with van der Waals surface area (Å²) >= 11 is 0. The minimum Gasteiger partial charge on any atom is -0.457 e. The predicted octanol–water partition coefficient (Wildman–Crippen LogP) is 14.2. The van der Waals surface area contributed by atoms with Crippen LogP contribution in [0.5, 0.6) is 0 Å². The molecule has 0 radical (unpaired) electrons. The summed E-state index contributed by atoms with van der Waals surface area (Å²) in [5, 5.41) is 30.8. The molecule has 0 aliphatic carbocycles. The van der Waals surface area contributed by atoms with Gasteiger partial charge in [-0.3, -0.25) is 9.35 Å². The topological polar surface area (TPSA) is 178 Å². The molecule has 4 N–H and O–H groups in total. The number of rotatable bonds is 50. The first-order valence-electron chi connectivity index (χ1n) is 28.7. The van der Waals surface area contributed by atoms with Crippen LogP contribution in [0.2, 0.25) is 0 Å². The molecule has 1 aliphatic heterocycles. The molecule has 0 saturated carbocycles. The Morgan fingerprint density at radius 1 is 0.542 bits per heavy atom. The number of carbonyl (C=O) groups is 1. The number of aliphatic hydroxyl groups is 3. The van der Waals surface area contributed by atoms with Crippen LogP contribution in [0.1, 0.15) is 232 Å². The van der Waals surface area contributed by atoms with Crippen LogP contribution in [-0.4, -0.2) is 97.5 Å². The minimum atomic E-state index is -5.07. The average Bonchev–Trinajstić information content (AvgIpc) is 3.36. The highest BCUT2D eigenvalue weighted by atomic mass is 32.3. The molecule has 13 heteroatoms. The summed E-state index contributed by atoms with van der Waals surface area (Å²) in [5.41, 5.74) is 0. The molecule has 1 aliphatic rings. The molecule has 0 aromatic rings. The maximum Gasteiger partial charge on any atom is 0.397 e. The second kappa shape index (κ2) is 49.4. The second-order valence-electron chi connectivity index (χ2n) is 19.5. The van der Waals surface area contributed by atoms with Crippen LogP contribution in [0.15, 0.2) is 72.9 Å². The number of unbranched alkanes of at least 4 members (excludes halogenated alkanes) is 25. The van der Waals surface area contributed by atoms with E-state index in [1.807, 2.05) is 0 Å². The number of carbonyl (C=O) groups excluding carboxylic acids is 1. The van der Waals surface area contributed by atoms with Crippen molar-refractivity contribution in [1.29, 1.82) is 0 Å². The largest absolute Gasteiger partial charge is 0.457 e. The zero-order valence-corrected chi connectivity index (χ0v) is 46.0. The maximum absolute atomic E-state index is 13.0. The lowest BCUT2D eigenvalue weighted by Crippen LogP contribution is -2.60. The van der Waals surface area contributed by atoms with E-state index in [0.717, 1.165) is 83.5 Å². The maximum atomic E-state index is 13.0. The van der Waals surface area contributed by atoms with Gasteiger partial charge in [0.1, 0.15) is 30.5 Å². The first kappa shape index (κ1) is 67.6. The molecule has 0 aromatic carbocycles. The summed E-state index contributed by atoms with van der Waals surface area (Å²) in [6.45, 7) is 3.88. The minimum absolute atomic E-state index is 0.0297. The lowest BCUT2D eigenvalue weighted by Gasteiger charge is -2.41. The Bertz CT molecular complexity index is 1520. The molecule has 1 rings (SSSR count). The van der Waals surface area contributed by atoms with Crippen molar-refractivity contribution in [1.82, 2.24) is 0 Å². The van der Waals surface area contributed by atoms with E-state index in [4.69, 9.17) is 18.9 Å². The number of hydrogen-bond acceptors (Lipinski definition) is 11. The van der Waals surface area contributed by atoms with E-state index in [1.165, 1.54) is 122 Å². The van der Waals surface area contributed by atoms with Gasteiger partial charge in [-0.1, -0.05) is 215 Å².